The highest BCUT2D eigenvalue weighted by Crippen LogP contribution is 2.26. The molecule has 186 valence electrons. The fourth-order valence-corrected chi connectivity index (χ4v) is 3.19. The van der Waals surface area contributed by atoms with Gasteiger partial charge < -0.3 is 25.0 Å². The SMILES string of the molecule is C#Cc1ccccc1C(C(=O)NCCC(=O)OCC)N(C(=O)CNC(=O)OC(C)(C)C)C(C)C. The number of nitrogens with one attached hydrogen (secondary N) is 2. The number of benzene rings is 1. The highest BCUT2D eigenvalue weighted by atomic mass is 16.6. The van der Waals surface area contributed by atoms with Gasteiger partial charge in [0.2, 0.25) is 11.8 Å². The molecule has 0 spiro atoms. The molecule has 1 aromatic carbocycles. The van der Waals surface area contributed by atoms with E-state index < -0.39 is 41.6 Å². The topological polar surface area (TPSA) is 114 Å². The van der Waals surface area contributed by atoms with E-state index in [-0.39, 0.29) is 26.1 Å². The summed E-state index contributed by atoms with van der Waals surface area (Å²) in [5.41, 5.74) is 0.183. The van der Waals surface area contributed by atoms with Gasteiger partial charge in [-0.05, 0) is 53.2 Å². The number of carbonyl (C=O) groups excluding carboxylic acids is 4. The maximum Gasteiger partial charge on any atom is 0.408 e. The Morgan fingerprint density at radius 3 is 2.32 bits per heavy atom. The van der Waals surface area contributed by atoms with Crippen molar-refractivity contribution in [1.29, 1.82) is 0 Å². The molecule has 1 atom stereocenters. The van der Waals surface area contributed by atoms with Gasteiger partial charge in [-0.2, -0.15) is 0 Å². The van der Waals surface area contributed by atoms with Crippen LogP contribution in [-0.4, -0.2) is 60.1 Å². The van der Waals surface area contributed by atoms with E-state index in [1.54, 1.807) is 65.8 Å². The first kappa shape index (κ1) is 28.5. The third kappa shape index (κ3) is 9.14. The molecule has 9 heteroatoms. The van der Waals surface area contributed by atoms with Crippen LogP contribution in [0, 0.1) is 12.3 Å². The van der Waals surface area contributed by atoms with E-state index in [4.69, 9.17) is 15.9 Å². The Labute approximate surface area is 201 Å². The van der Waals surface area contributed by atoms with Gasteiger partial charge in [-0.25, -0.2) is 4.79 Å². The number of alkyl carbamates (subject to hydrolysis) is 1. The molecule has 9 nitrogen and oxygen atoms in total. The minimum absolute atomic E-state index is 0.0150. The Morgan fingerprint density at radius 1 is 1.12 bits per heavy atom. The second-order valence-electron chi connectivity index (χ2n) is 8.73. The molecule has 2 N–H and O–H groups in total. The fraction of sp³-hybridized carbons (Fsp3) is 0.520. The Bertz CT molecular complexity index is 914. The van der Waals surface area contributed by atoms with Crippen molar-refractivity contribution in [3.63, 3.8) is 0 Å². The van der Waals surface area contributed by atoms with Gasteiger partial charge in [0.05, 0.1) is 13.0 Å². The summed E-state index contributed by atoms with van der Waals surface area (Å²) in [6.07, 6.45) is 4.89. The predicted octanol–water partition coefficient (Wildman–Crippen LogP) is 2.54. The summed E-state index contributed by atoms with van der Waals surface area (Å²) < 4.78 is 10.1. The third-order valence-corrected chi connectivity index (χ3v) is 4.50. The lowest BCUT2D eigenvalue weighted by atomic mass is 9.97. The van der Waals surface area contributed by atoms with Gasteiger partial charge in [0.15, 0.2) is 0 Å². The molecule has 3 amide bonds. The first-order chi connectivity index (χ1) is 15.9. The lowest BCUT2D eigenvalue weighted by Gasteiger charge is -2.35. The van der Waals surface area contributed by atoms with Crippen molar-refractivity contribution >= 4 is 23.9 Å². The van der Waals surface area contributed by atoms with Crippen molar-refractivity contribution in [3.05, 3.63) is 35.4 Å². The number of terminal acetylenes is 1. The first-order valence-corrected chi connectivity index (χ1v) is 11.2. The van der Waals surface area contributed by atoms with Gasteiger partial charge in [0.1, 0.15) is 18.2 Å². The van der Waals surface area contributed by atoms with E-state index in [9.17, 15) is 19.2 Å². The van der Waals surface area contributed by atoms with Gasteiger partial charge >= 0.3 is 12.1 Å². The average molecular weight is 474 g/mol. The number of nitrogens with zero attached hydrogens (tertiary/aromatic N) is 1. The number of rotatable bonds is 10. The van der Waals surface area contributed by atoms with Crippen LogP contribution in [0.25, 0.3) is 0 Å². The molecule has 0 aromatic heterocycles. The maximum atomic E-state index is 13.3. The van der Waals surface area contributed by atoms with Crippen LogP contribution >= 0.6 is 0 Å². The quantitative estimate of drug-likeness (QED) is 0.399. The monoisotopic (exact) mass is 473 g/mol. The van der Waals surface area contributed by atoms with E-state index in [2.05, 4.69) is 16.6 Å². The molecule has 0 heterocycles. The molecule has 34 heavy (non-hydrogen) atoms. The summed E-state index contributed by atoms with van der Waals surface area (Å²) in [6, 6.07) is 5.31. The lowest BCUT2D eigenvalue weighted by molar-refractivity contribution is -0.144. The van der Waals surface area contributed by atoms with Gasteiger partial charge in [-0.15, -0.1) is 6.42 Å². The number of esters is 1. The highest BCUT2D eigenvalue weighted by Gasteiger charge is 2.34. The lowest BCUT2D eigenvalue weighted by Crippen LogP contribution is -2.50. The van der Waals surface area contributed by atoms with Crippen LogP contribution in [0.5, 0.6) is 0 Å². The first-order valence-electron chi connectivity index (χ1n) is 11.2. The second-order valence-corrected chi connectivity index (χ2v) is 8.73. The van der Waals surface area contributed by atoms with Crippen molar-refractivity contribution in [2.24, 2.45) is 0 Å². The number of amides is 3. The molecular formula is C25H35N3O6. The van der Waals surface area contributed by atoms with Gasteiger partial charge in [0, 0.05) is 18.2 Å². The molecular weight excluding hydrogens is 438 g/mol. The van der Waals surface area contributed by atoms with Gasteiger partial charge in [-0.1, -0.05) is 24.1 Å². The summed E-state index contributed by atoms with van der Waals surface area (Å²) in [4.78, 5) is 51.5. The minimum Gasteiger partial charge on any atom is -0.466 e. The highest BCUT2D eigenvalue weighted by molar-refractivity contribution is 5.91. The van der Waals surface area contributed by atoms with Crippen LogP contribution in [0.1, 0.15) is 65.1 Å². The molecule has 1 rings (SSSR count). The molecule has 0 bridgehead atoms. The molecule has 1 unspecified atom stereocenters. The van der Waals surface area contributed by atoms with Crippen LogP contribution in [0.15, 0.2) is 24.3 Å². The normalized spacial score (nSPS) is 11.7. The molecule has 0 saturated carbocycles. The van der Waals surface area contributed by atoms with Crippen LogP contribution in [0.2, 0.25) is 0 Å². The summed E-state index contributed by atoms with van der Waals surface area (Å²) in [7, 11) is 0. The molecule has 0 aliphatic heterocycles. The van der Waals surface area contributed by atoms with Crippen molar-refractivity contribution in [2.45, 2.75) is 65.6 Å². The predicted molar refractivity (Wildman–Crippen MR) is 128 cm³/mol. The van der Waals surface area contributed by atoms with Crippen LogP contribution in [0.3, 0.4) is 0 Å². The van der Waals surface area contributed by atoms with Crippen molar-refractivity contribution in [1.82, 2.24) is 15.5 Å². The molecule has 0 fully saturated rings. The third-order valence-electron chi connectivity index (χ3n) is 4.50. The minimum atomic E-state index is -1.08. The molecule has 0 aliphatic rings. The van der Waals surface area contributed by atoms with E-state index in [1.165, 1.54) is 4.90 Å². The van der Waals surface area contributed by atoms with E-state index in [0.29, 0.717) is 11.1 Å². The standard InChI is InChI=1S/C25H35N3O6/c1-8-18-12-10-11-13-19(18)22(23(31)26-15-14-21(30)33-9-2)28(17(3)4)20(29)16-27-24(32)34-25(5,6)7/h1,10-13,17,22H,9,14-16H2,2-7H3,(H,26,31)(H,27,32). The Balaban J connectivity index is 3.19. The van der Waals surface area contributed by atoms with E-state index in [0.717, 1.165) is 0 Å². The van der Waals surface area contributed by atoms with Crippen molar-refractivity contribution in [3.8, 4) is 12.3 Å². The zero-order valence-electron chi connectivity index (χ0n) is 20.8. The largest absolute Gasteiger partial charge is 0.466 e. The maximum absolute atomic E-state index is 13.3. The number of hydrogen-bond acceptors (Lipinski definition) is 6. The number of ether oxygens (including phenoxy) is 2. The summed E-state index contributed by atoms with van der Waals surface area (Å²) in [6.45, 7) is 10.2. The van der Waals surface area contributed by atoms with Crippen molar-refractivity contribution < 1.29 is 28.7 Å². The molecule has 0 radical (unpaired) electrons. The van der Waals surface area contributed by atoms with Crippen LogP contribution in [0.4, 0.5) is 4.79 Å². The number of carbonyl (C=O) groups is 4. The second kappa shape index (κ2) is 13.2. The zero-order valence-corrected chi connectivity index (χ0v) is 20.8. The van der Waals surface area contributed by atoms with Gasteiger partial charge in [-0.3, -0.25) is 14.4 Å². The Hall–Kier alpha value is -3.54. The zero-order chi connectivity index (χ0) is 25.9. The summed E-state index contributed by atoms with van der Waals surface area (Å²) >= 11 is 0. The van der Waals surface area contributed by atoms with Crippen molar-refractivity contribution in [2.75, 3.05) is 19.7 Å². The van der Waals surface area contributed by atoms with E-state index >= 15 is 0 Å². The Kier molecular flexibility index (Phi) is 11.1. The number of hydrogen-bond donors (Lipinski definition) is 2. The van der Waals surface area contributed by atoms with Gasteiger partial charge in [0.25, 0.3) is 0 Å². The Morgan fingerprint density at radius 2 is 1.76 bits per heavy atom. The smallest absolute Gasteiger partial charge is 0.408 e. The van der Waals surface area contributed by atoms with E-state index in [1.807, 2.05) is 0 Å². The average Bonchev–Trinajstić information content (AvgIpc) is 2.74. The molecule has 1 aromatic rings. The summed E-state index contributed by atoms with van der Waals surface area (Å²) in [5.74, 6) is 1.10. The van der Waals surface area contributed by atoms with Crippen LogP contribution < -0.4 is 10.6 Å². The van der Waals surface area contributed by atoms with Crippen LogP contribution in [-0.2, 0) is 23.9 Å². The summed E-state index contributed by atoms with van der Waals surface area (Å²) in [5, 5.41) is 5.13. The molecule has 0 saturated heterocycles. The fourth-order valence-electron chi connectivity index (χ4n) is 3.19. The molecule has 0 aliphatic carbocycles.